The SMILES string of the molecule is CCCCCCCCCCCCCCCC(=O)O[P+](=O)OCCN. The van der Waals surface area contributed by atoms with E-state index in [-0.39, 0.29) is 13.2 Å². The normalized spacial score (nSPS) is 11.5. The first-order valence-corrected chi connectivity index (χ1v) is 10.8. The van der Waals surface area contributed by atoms with Crippen molar-refractivity contribution in [2.75, 3.05) is 13.2 Å². The molecule has 1 unspecified atom stereocenters. The molecule has 0 radical (unpaired) electrons. The van der Waals surface area contributed by atoms with Gasteiger partial charge in [0.2, 0.25) is 0 Å². The molecule has 0 aromatic carbocycles. The van der Waals surface area contributed by atoms with Crippen LogP contribution in [0.1, 0.15) is 96.8 Å². The molecule has 0 aliphatic heterocycles. The van der Waals surface area contributed by atoms with E-state index < -0.39 is 14.2 Å². The summed E-state index contributed by atoms with van der Waals surface area (Å²) in [5.41, 5.74) is 5.20. The lowest BCUT2D eigenvalue weighted by atomic mass is 10.0. The van der Waals surface area contributed by atoms with Crippen molar-refractivity contribution in [3.8, 4) is 0 Å². The molecule has 2 N–H and O–H groups in total. The van der Waals surface area contributed by atoms with E-state index in [1.165, 1.54) is 64.2 Å². The fourth-order valence-corrected chi connectivity index (χ4v) is 3.13. The third kappa shape index (κ3) is 17.8. The largest absolute Gasteiger partial charge is 0.753 e. The fraction of sp³-hybridized carbons (Fsp3) is 0.944. The predicted molar refractivity (Wildman–Crippen MR) is 99.0 cm³/mol. The molecular weight excluding hydrogens is 325 g/mol. The van der Waals surface area contributed by atoms with Gasteiger partial charge in [-0.1, -0.05) is 84.0 Å². The van der Waals surface area contributed by atoms with Gasteiger partial charge in [-0.3, -0.25) is 0 Å². The molecule has 0 amide bonds. The molecule has 0 saturated heterocycles. The Morgan fingerprint density at radius 3 is 1.75 bits per heavy atom. The third-order valence-electron chi connectivity index (χ3n) is 3.98. The van der Waals surface area contributed by atoms with Gasteiger partial charge in [0.15, 0.2) is 0 Å². The summed E-state index contributed by atoms with van der Waals surface area (Å²) in [6.45, 7) is 2.65. The minimum Gasteiger partial charge on any atom is -0.328 e. The van der Waals surface area contributed by atoms with E-state index in [1.807, 2.05) is 0 Å². The lowest BCUT2D eigenvalue weighted by Crippen LogP contribution is -2.06. The van der Waals surface area contributed by atoms with Crippen molar-refractivity contribution >= 4 is 14.2 Å². The molecular formula is C18H37NO4P+. The molecule has 5 nitrogen and oxygen atoms in total. The fourth-order valence-electron chi connectivity index (χ4n) is 2.57. The Morgan fingerprint density at radius 2 is 1.29 bits per heavy atom. The highest BCUT2D eigenvalue weighted by Crippen LogP contribution is 2.24. The molecule has 0 spiro atoms. The second-order valence-electron chi connectivity index (χ2n) is 6.30. The monoisotopic (exact) mass is 362 g/mol. The van der Waals surface area contributed by atoms with Gasteiger partial charge in [0.1, 0.15) is 6.61 Å². The first-order chi connectivity index (χ1) is 11.7. The topological polar surface area (TPSA) is 78.6 Å². The van der Waals surface area contributed by atoms with Gasteiger partial charge in [0.05, 0.1) is 6.42 Å². The maximum atomic E-state index is 11.4. The van der Waals surface area contributed by atoms with Crippen molar-refractivity contribution in [1.82, 2.24) is 0 Å². The number of nitrogens with two attached hydrogens (primary N) is 1. The maximum Gasteiger partial charge on any atom is 0.753 e. The minimum atomic E-state index is -2.35. The molecule has 0 aliphatic rings. The maximum absolute atomic E-state index is 11.4. The number of rotatable bonds is 18. The molecule has 0 aromatic rings. The van der Waals surface area contributed by atoms with Crippen LogP contribution in [-0.2, 0) is 18.4 Å². The molecule has 0 bridgehead atoms. The number of unbranched alkanes of at least 4 members (excludes halogenated alkanes) is 12. The molecule has 142 valence electrons. The van der Waals surface area contributed by atoms with Crippen LogP contribution in [0.4, 0.5) is 0 Å². The number of hydrogen-bond acceptors (Lipinski definition) is 5. The summed E-state index contributed by atoms with van der Waals surface area (Å²) in [6, 6.07) is 0. The van der Waals surface area contributed by atoms with E-state index in [2.05, 4.69) is 11.4 Å². The molecule has 0 saturated carbocycles. The first-order valence-electron chi connectivity index (χ1n) is 9.71. The van der Waals surface area contributed by atoms with Gasteiger partial charge < -0.3 is 5.73 Å². The molecule has 0 rings (SSSR count). The molecule has 0 fully saturated rings. The van der Waals surface area contributed by atoms with Crippen molar-refractivity contribution in [2.45, 2.75) is 96.8 Å². The number of hydrogen-bond donors (Lipinski definition) is 1. The summed E-state index contributed by atoms with van der Waals surface area (Å²) in [4.78, 5) is 11.4. The molecule has 1 atom stereocenters. The summed E-state index contributed by atoms with van der Waals surface area (Å²) in [5, 5.41) is 0. The third-order valence-corrected chi connectivity index (χ3v) is 4.72. The number of carbonyl (C=O) groups excluding carboxylic acids is 1. The van der Waals surface area contributed by atoms with E-state index in [9.17, 15) is 9.36 Å². The van der Waals surface area contributed by atoms with Gasteiger partial charge in [0, 0.05) is 11.1 Å². The van der Waals surface area contributed by atoms with Crippen molar-refractivity contribution in [2.24, 2.45) is 5.73 Å². The Morgan fingerprint density at radius 1 is 0.833 bits per heavy atom. The highest BCUT2D eigenvalue weighted by molar-refractivity contribution is 7.34. The standard InChI is InChI=1S/C18H37NO4P/c1-2-3-4-5-6-7-8-9-10-11-12-13-14-15-18(20)23-24(21)22-17-16-19/h2-17,19H2,1H3/q+1. The second-order valence-corrected chi connectivity index (χ2v) is 7.19. The van der Waals surface area contributed by atoms with Crippen LogP contribution < -0.4 is 5.73 Å². The highest BCUT2D eigenvalue weighted by atomic mass is 31.1. The number of carbonyl (C=O) groups is 1. The molecule has 6 heteroatoms. The second kappa shape index (κ2) is 18.8. The molecule has 0 aromatic heterocycles. The van der Waals surface area contributed by atoms with Crippen LogP contribution in [0.2, 0.25) is 0 Å². The highest BCUT2D eigenvalue weighted by Gasteiger charge is 2.25. The Kier molecular flexibility index (Phi) is 18.4. The smallest absolute Gasteiger partial charge is 0.328 e. The van der Waals surface area contributed by atoms with Crippen LogP contribution in [-0.4, -0.2) is 19.1 Å². The average molecular weight is 362 g/mol. The van der Waals surface area contributed by atoms with Crippen molar-refractivity contribution in [3.05, 3.63) is 0 Å². The van der Waals surface area contributed by atoms with Crippen molar-refractivity contribution in [1.29, 1.82) is 0 Å². The zero-order chi connectivity index (χ0) is 17.9. The Hall–Kier alpha value is -0.510. The van der Waals surface area contributed by atoms with Crippen LogP contribution >= 0.6 is 8.25 Å². The van der Waals surface area contributed by atoms with Gasteiger partial charge in [-0.15, -0.1) is 4.52 Å². The molecule has 24 heavy (non-hydrogen) atoms. The van der Waals surface area contributed by atoms with Gasteiger partial charge >= 0.3 is 14.2 Å². The Labute approximate surface area is 149 Å². The molecule has 0 heterocycles. The summed E-state index contributed by atoms with van der Waals surface area (Å²) >= 11 is 0. The first kappa shape index (κ1) is 23.5. The van der Waals surface area contributed by atoms with E-state index in [0.29, 0.717) is 6.42 Å². The van der Waals surface area contributed by atoms with Crippen molar-refractivity contribution < 1.29 is 18.4 Å². The Balaban J connectivity index is 3.22. The van der Waals surface area contributed by atoms with Gasteiger partial charge in [-0.05, 0) is 6.42 Å². The van der Waals surface area contributed by atoms with E-state index in [0.717, 1.165) is 19.3 Å². The van der Waals surface area contributed by atoms with Crippen molar-refractivity contribution in [3.63, 3.8) is 0 Å². The van der Waals surface area contributed by atoms with E-state index >= 15 is 0 Å². The van der Waals surface area contributed by atoms with Crippen LogP contribution in [0.25, 0.3) is 0 Å². The van der Waals surface area contributed by atoms with Crippen LogP contribution in [0, 0.1) is 0 Å². The van der Waals surface area contributed by atoms with Gasteiger partial charge in [-0.2, -0.15) is 4.52 Å². The zero-order valence-electron chi connectivity index (χ0n) is 15.5. The predicted octanol–water partition coefficient (Wildman–Crippen LogP) is 5.64. The van der Waals surface area contributed by atoms with Gasteiger partial charge in [-0.25, -0.2) is 4.79 Å². The van der Waals surface area contributed by atoms with Gasteiger partial charge in [0.25, 0.3) is 0 Å². The minimum absolute atomic E-state index is 0.140. The van der Waals surface area contributed by atoms with E-state index in [1.54, 1.807) is 0 Å². The quantitative estimate of drug-likeness (QED) is 0.252. The van der Waals surface area contributed by atoms with Crippen LogP contribution in [0.15, 0.2) is 0 Å². The van der Waals surface area contributed by atoms with Crippen LogP contribution in [0.3, 0.4) is 0 Å². The lowest BCUT2D eigenvalue weighted by molar-refractivity contribution is -0.134. The summed E-state index contributed by atoms with van der Waals surface area (Å²) in [7, 11) is -2.35. The lowest BCUT2D eigenvalue weighted by Gasteiger charge is -2.02. The Bertz CT molecular complexity index is 313. The average Bonchev–Trinajstić information content (AvgIpc) is 2.57. The molecule has 0 aliphatic carbocycles. The zero-order valence-corrected chi connectivity index (χ0v) is 16.4. The summed E-state index contributed by atoms with van der Waals surface area (Å²) < 4.78 is 20.5. The summed E-state index contributed by atoms with van der Waals surface area (Å²) in [6.07, 6.45) is 16.7. The van der Waals surface area contributed by atoms with Crippen LogP contribution in [0.5, 0.6) is 0 Å². The van der Waals surface area contributed by atoms with E-state index in [4.69, 9.17) is 10.3 Å². The summed E-state index contributed by atoms with van der Waals surface area (Å²) in [5.74, 6) is -0.448.